The Morgan fingerprint density at radius 1 is 1.78 bits per heavy atom. The Morgan fingerprint density at radius 3 is 2.67 bits per heavy atom. The summed E-state index contributed by atoms with van der Waals surface area (Å²) in [7, 11) is 0. The van der Waals surface area contributed by atoms with E-state index in [1.165, 1.54) is 0 Å². The predicted molar refractivity (Wildman–Crippen MR) is 31.9 cm³/mol. The van der Waals surface area contributed by atoms with Crippen molar-refractivity contribution in [3.05, 3.63) is 0 Å². The predicted octanol–water partition coefficient (Wildman–Crippen LogP) is 0.682. The molecule has 0 aromatic rings. The summed E-state index contributed by atoms with van der Waals surface area (Å²) in [6.07, 6.45) is 2.68. The number of carbonyl (C=O) groups is 1. The summed E-state index contributed by atoms with van der Waals surface area (Å²) < 4.78 is 0. The molecule has 1 rings (SSSR count). The molecule has 0 radical (unpaired) electrons. The fourth-order valence-corrected chi connectivity index (χ4v) is 0.817. The molecule has 3 nitrogen and oxygen atoms in total. The molecular weight excluding hydrogens is 118 g/mol. The van der Waals surface area contributed by atoms with Crippen molar-refractivity contribution in [2.45, 2.75) is 26.2 Å². The van der Waals surface area contributed by atoms with Gasteiger partial charge >= 0.3 is 0 Å². The Bertz CT molecular complexity index is 129. The number of hydrogen-bond donors (Lipinski definition) is 2. The molecule has 0 heterocycles. The van der Waals surface area contributed by atoms with Crippen LogP contribution in [-0.4, -0.2) is 11.1 Å². The zero-order valence-electron chi connectivity index (χ0n) is 5.48. The second kappa shape index (κ2) is 1.99. The van der Waals surface area contributed by atoms with Gasteiger partial charge in [0.2, 0.25) is 5.91 Å². The molecule has 1 saturated carbocycles. The van der Waals surface area contributed by atoms with Gasteiger partial charge in [0.15, 0.2) is 0 Å². The van der Waals surface area contributed by atoms with Gasteiger partial charge in [0.25, 0.3) is 0 Å². The van der Waals surface area contributed by atoms with E-state index >= 15 is 0 Å². The van der Waals surface area contributed by atoms with Crippen LogP contribution in [0.15, 0.2) is 0 Å². The summed E-state index contributed by atoms with van der Waals surface area (Å²) in [5.74, 6) is -0.269. The van der Waals surface area contributed by atoms with E-state index < -0.39 is 0 Å². The van der Waals surface area contributed by atoms with Crippen molar-refractivity contribution in [1.29, 1.82) is 0 Å². The first-order valence-corrected chi connectivity index (χ1v) is 3.09. The Labute approximate surface area is 54.0 Å². The summed E-state index contributed by atoms with van der Waals surface area (Å²) in [6, 6.07) is 0. The third-order valence-corrected chi connectivity index (χ3v) is 1.82. The van der Waals surface area contributed by atoms with Crippen LogP contribution in [0.3, 0.4) is 0 Å². The Kier molecular flexibility index (Phi) is 1.45. The number of hydroxylamine groups is 1. The van der Waals surface area contributed by atoms with Crippen LogP contribution in [0.4, 0.5) is 0 Å². The first kappa shape index (κ1) is 6.55. The van der Waals surface area contributed by atoms with Crippen molar-refractivity contribution in [3.8, 4) is 0 Å². The molecule has 1 amide bonds. The van der Waals surface area contributed by atoms with Crippen molar-refractivity contribution in [1.82, 2.24) is 5.48 Å². The average Bonchev–Trinajstić information content (AvgIpc) is 2.48. The van der Waals surface area contributed by atoms with Gasteiger partial charge in [-0.05, 0) is 18.3 Å². The van der Waals surface area contributed by atoms with Gasteiger partial charge in [0.1, 0.15) is 0 Å². The van der Waals surface area contributed by atoms with Gasteiger partial charge in [-0.3, -0.25) is 10.0 Å². The maximum Gasteiger partial charge on any atom is 0.243 e. The number of amides is 1. The fraction of sp³-hybridized carbons (Fsp3) is 0.833. The second-order valence-corrected chi connectivity index (χ2v) is 3.02. The molecule has 2 N–H and O–H groups in total. The van der Waals surface area contributed by atoms with Crippen LogP contribution >= 0.6 is 0 Å². The lowest BCUT2D eigenvalue weighted by molar-refractivity contribution is -0.130. The number of carbonyl (C=O) groups excluding carboxylic acids is 1. The van der Waals surface area contributed by atoms with Gasteiger partial charge in [-0.2, -0.15) is 0 Å². The van der Waals surface area contributed by atoms with Crippen molar-refractivity contribution < 1.29 is 10.0 Å². The quantitative estimate of drug-likeness (QED) is 0.425. The fourth-order valence-electron chi connectivity index (χ4n) is 0.817. The molecule has 0 aliphatic heterocycles. The van der Waals surface area contributed by atoms with E-state index in [0.29, 0.717) is 6.42 Å². The molecule has 0 aromatic carbocycles. The van der Waals surface area contributed by atoms with Gasteiger partial charge in [-0.15, -0.1) is 0 Å². The van der Waals surface area contributed by atoms with Crippen molar-refractivity contribution in [2.24, 2.45) is 5.41 Å². The maximum absolute atomic E-state index is 10.5. The van der Waals surface area contributed by atoms with Crippen molar-refractivity contribution >= 4 is 5.91 Å². The van der Waals surface area contributed by atoms with Gasteiger partial charge in [-0.1, -0.05) is 6.92 Å². The summed E-state index contributed by atoms with van der Waals surface area (Å²) in [5, 5.41) is 8.13. The standard InChI is InChI=1S/C6H11NO2/c1-6(2-3-6)4-5(8)7-9/h9H,2-4H2,1H3,(H,7,8). The molecule has 1 fully saturated rings. The molecule has 9 heavy (non-hydrogen) atoms. The van der Waals surface area contributed by atoms with Crippen LogP contribution in [0.1, 0.15) is 26.2 Å². The van der Waals surface area contributed by atoms with Crippen LogP contribution in [0.25, 0.3) is 0 Å². The van der Waals surface area contributed by atoms with E-state index in [0.717, 1.165) is 12.8 Å². The normalized spacial score (nSPS) is 21.1. The minimum atomic E-state index is -0.269. The van der Waals surface area contributed by atoms with Crippen LogP contribution in [0.2, 0.25) is 0 Å². The summed E-state index contributed by atoms with van der Waals surface area (Å²) in [4.78, 5) is 10.5. The van der Waals surface area contributed by atoms with Crippen LogP contribution in [0.5, 0.6) is 0 Å². The molecule has 0 saturated heterocycles. The third-order valence-electron chi connectivity index (χ3n) is 1.82. The van der Waals surface area contributed by atoms with E-state index in [-0.39, 0.29) is 11.3 Å². The average molecular weight is 129 g/mol. The Hall–Kier alpha value is -0.570. The first-order valence-electron chi connectivity index (χ1n) is 3.09. The highest BCUT2D eigenvalue weighted by Crippen LogP contribution is 2.47. The number of nitrogens with one attached hydrogen (secondary N) is 1. The Balaban J connectivity index is 2.25. The number of hydrogen-bond acceptors (Lipinski definition) is 2. The highest BCUT2D eigenvalue weighted by molar-refractivity contribution is 5.75. The zero-order valence-corrected chi connectivity index (χ0v) is 5.48. The summed E-state index contributed by atoms with van der Waals surface area (Å²) >= 11 is 0. The molecular formula is C6H11NO2. The molecule has 0 aromatic heterocycles. The maximum atomic E-state index is 10.5. The molecule has 1 aliphatic carbocycles. The summed E-state index contributed by atoms with van der Waals surface area (Å²) in [6.45, 7) is 2.04. The second-order valence-electron chi connectivity index (χ2n) is 3.02. The van der Waals surface area contributed by atoms with Crippen LogP contribution < -0.4 is 5.48 Å². The van der Waals surface area contributed by atoms with Gasteiger partial charge in [0.05, 0.1) is 0 Å². The van der Waals surface area contributed by atoms with E-state index in [9.17, 15) is 4.79 Å². The lowest BCUT2D eigenvalue weighted by Gasteiger charge is -2.03. The van der Waals surface area contributed by atoms with Gasteiger partial charge < -0.3 is 0 Å². The highest BCUT2D eigenvalue weighted by atomic mass is 16.5. The largest absolute Gasteiger partial charge is 0.289 e. The highest BCUT2D eigenvalue weighted by Gasteiger charge is 2.38. The minimum absolute atomic E-state index is 0.201. The lowest BCUT2D eigenvalue weighted by Crippen LogP contribution is -2.21. The van der Waals surface area contributed by atoms with Crippen molar-refractivity contribution in [3.63, 3.8) is 0 Å². The van der Waals surface area contributed by atoms with Crippen LogP contribution in [-0.2, 0) is 4.79 Å². The van der Waals surface area contributed by atoms with E-state index in [2.05, 4.69) is 0 Å². The van der Waals surface area contributed by atoms with E-state index in [1.54, 1.807) is 5.48 Å². The SMILES string of the molecule is CC1(CC(=O)NO)CC1. The molecule has 3 heteroatoms. The monoisotopic (exact) mass is 129 g/mol. The van der Waals surface area contributed by atoms with Gasteiger partial charge in [0, 0.05) is 6.42 Å². The zero-order chi connectivity index (χ0) is 6.91. The smallest absolute Gasteiger partial charge is 0.243 e. The first-order chi connectivity index (χ1) is 4.16. The topological polar surface area (TPSA) is 49.3 Å². The lowest BCUT2D eigenvalue weighted by atomic mass is 10.1. The molecule has 52 valence electrons. The summed E-state index contributed by atoms with van der Waals surface area (Å²) in [5.41, 5.74) is 1.82. The molecule has 1 aliphatic rings. The molecule has 0 atom stereocenters. The van der Waals surface area contributed by atoms with Crippen molar-refractivity contribution in [2.75, 3.05) is 0 Å². The third kappa shape index (κ3) is 1.68. The molecule has 0 bridgehead atoms. The van der Waals surface area contributed by atoms with E-state index in [1.807, 2.05) is 6.92 Å². The molecule has 0 unspecified atom stereocenters. The number of rotatable bonds is 2. The molecule has 0 spiro atoms. The van der Waals surface area contributed by atoms with Gasteiger partial charge in [-0.25, -0.2) is 5.48 Å². The minimum Gasteiger partial charge on any atom is -0.289 e. The Morgan fingerprint density at radius 2 is 2.33 bits per heavy atom. The van der Waals surface area contributed by atoms with Crippen LogP contribution in [0, 0.1) is 5.41 Å². The van der Waals surface area contributed by atoms with E-state index in [4.69, 9.17) is 5.21 Å².